The molecule has 0 spiro atoms. The topological polar surface area (TPSA) is 63.2 Å². The van der Waals surface area contributed by atoms with Gasteiger partial charge in [0.2, 0.25) is 10.0 Å². The molecule has 0 aliphatic carbocycles. The lowest BCUT2D eigenvalue weighted by atomic mass is 10.1. The fraction of sp³-hybridized carbons (Fsp3) is 0.417. The highest BCUT2D eigenvalue weighted by Gasteiger charge is 2.15. The highest BCUT2D eigenvalue weighted by atomic mass is 32.2. The van der Waals surface area contributed by atoms with E-state index in [0.717, 1.165) is 11.1 Å². The molecule has 0 fully saturated rings. The lowest BCUT2D eigenvalue weighted by Crippen LogP contribution is -2.32. The van der Waals surface area contributed by atoms with Crippen molar-refractivity contribution in [2.24, 2.45) is 0 Å². The Labute approximate surface area is 102 Å². The van der Waals surface area contributed by atoms with Gasteiger partial charge in [-0.15, -0.1) is 0 Å². The van der Waals surface area contributed by atoms with Crippen LogP contribution in [0, 0.1) is 13.8 Å². The van der Waals surface area contributed by atoms with Crippen molar-refractivity contribution in [2.45, 2.75) is 27.2 Å². The average Bonchev–Trinajstić information content (AvgIpc) is 2.14. The minimum atomic E-state index is -3.50. The third-order valence-corrected chi connectivity index (χ3v) is 3.65. The lowest BCUT2D eigenvalue weighted by Gasteiger charge is -2.07. The summed E-state index contributed by atoms with van der Waals surface area (Å²) in [7, 11) is -3.50. The number of aryl methyl sites for hydroxylation is 2. The second-order valence-corrected chi connectivity index (χ2v) is 5.97. The molecule has 0 atom stereocenters. The number of carbonyl (C=O) groups is 1. The van der Waals surface area contributed by atoms with Crippen LogP contribution in [0.3, 0.4) is 0 Å². The number of hydrogen-bond donors (Lipinski definition) is 1. The minimum Gasteiger partial charge on any atom is -0.268 e. The Bertz CT molecular complexity index is 500. The van der Waals surface area contributed by atoms with Crippen LogP contribution in [-0.4, -0.2) is 20.1 Å². The predicted molar refractivity (Wildman–Crippen MR) is 67.5 cm³/mol. The summed E-state index contributed by atoms with van der Waals surface area (Å²) in [6.45, 7) is 5.48. The van der Waals surface area contributed by atoms with Crippen LogP contribution in [0.1, 0.15) is 34.8 Å². The molecule has 1 amide bonds. The summed E-state index contributed by atoms with van der Waals surface area (Å²) in [5.41, 5.74) is 2.24. The van der Waals surface area contributed by atoms with Crippen molar-refractivity contribution in [3.63, 3.8) is 0 Å². The molecule has 0 bridgehead atoms. The largest absolute Gasteiger partial charge is 0.268 e. The summed E-state index contributed by atoms with van der Waals surface area (Å²) in [4.78, 5) is 11.7. The van der Waals surface area contributed by atoms with E-state index in [2.05, 4.69) is 4.72 Å². The molecule has 4 nitrogen and oxygen atoms in total. The number of carbonyl (C=O) groups excluding carboxylic acids is 1. The van der Waals surface area contributed by atoms with Crippen molar-refractivity contribution in [2.75, 3.05) is 5.75 Å². The SMILES string of the molecule is CCCS(=O)(=O)NC(=O)c1cc(C)cc(C)c1. The van der Waals surface area contributed by atoms with Crippen LogP contribution in [0.15, 0.2) is 18.2 Å². The molecule has 0 saturated heterocycles. The highest BCUT2D eigenvalue weighted by molar-refractivity contribution is 7.90. The molecule has 1 aromatic carbocycles. The van der Waals surface area contributed by atoms with Crippen molar-refractivity contribution >= 4 is 15.9 Å². The molecule has 17 heavy (non-hydrogen) atoms. The number of nitrogens with one attached hydrogen (secondary N) is 1. The van der Waals surface area contributed by atoms with Gasteiger partial charge >= 0.3 is 0 Å². The fourth-order valence-corrected chi connectivity index (χ4v) is 2.67. The standard InChI is InChI=1S/C12H17NO3S/c1-4-5-17(15,16)13-12(14)11-7-9(2)6-10(3)8-11/h6-8H,4-5H2,1-3H3,(H,13,14). The Hall–Kier alpha value is -1.36. The van der Waals surface area contributed by atoms with E-state index in [-0.39, 0.29) is 5.75 Å². The molecule has 0 radical (unpaired) electrons. The van der Waals surface area contributed by atoms with Crippen LogP contribution in [0.4, 0.5) is 0 Å². The van der Waals surface area contributed by atoms with Gasteiger partial charge in [0.15, 0.2) is 0 Å². The van der Waals surface area contributed by atoms with Gasteiger partial charge in [0.1, 0.15) is 0 Å². The van der Waals surface area contributed by atoms with Gasteiger partial charge in [0.05, 0.1) is 5.75 Å². The third-order valence-electron chi connectivity index (χ3n) is 2.20. The van der Waals surface area contributed by atoms with Gasteiger partial charge in [-0.1, -0.05) is 24.1 Å². The predicted octanol–water partition coefficient (Wildman–Crippen LogP) is 1.77. The third kappa shape index (κ3) is 4.19. The molecule has 1 aromatic rings. The van der Waals surface area contributed by atoms with Gasteiger partial charge in [-0.2, -0.15) is 0 Å². The van der Waals surface area contributed by atoms with E-state index in [1.165, 1.54) is 0 Å². The zero-order chi connectivity index (χ0) is 13.1. The Kier molecular flexibility index (Phi) is 4.28. The van der Waals surface area contributed by atoms with E-state index in [9.17, 15) is 13.2 Å². The maximum absolute atomic E-state index is 11.7. The Morgan fingerprint density at radius 1 is 1.18 bits per heavy atom. The first-order chi connectivity index (χ1) is 7.84. The summed E-state index contributed by atoms with van der Waals surface area (Å²) in [5.74, 6) is -0.603. The Balaban J connectivity index is 2.91. The summed E-state index contributed by atoms with van der Waals surface area (Å²) in [5, 5.41) is 0. The van der Waals surface area contributed by atoms with Gasteiger partial charge in [-0.3, -0.25) is 4.79 Å². The summed E-state index contributed by atoms with van der Waals surface area (Å²) in [6.07, 6.45) is 0.482. The minimum absolute atomic E-state index is 0.0382. The van der Waals surface area contributed by atoms with Gasteiger partial charge < -0.3 is 0 Å². The van der Waals surface area contributed by atoms with E-state index in [4.69, 9.17) is 0 Å². The second kappa shape index (κ2) is 5.31. The second-order valence-electron chi connectivity index (χ2n) is 4.13. The average molecular weight is 255 g/mol. The van der Waals surface area contributed by atoms with E-state index in [1.807, 2.05) is 19.9 Å². The zero-order valence-corrected chi connectivity index (χ0v) is 11.1. The first kappa shape index (κ1) is 13.7. The van der Waals surface area contributed by atoms with Gasteiger partial charge in [-0.05, 0) is 32.4 Å². The first-order valence-corrected chi connectivity index (χ1v) is 7.12. The van der Waals surface area contributed by atoms with Crippen molar-refractivity contribution in [1.29, 1.82) is 0 Å². The monoisotopic (exact) mass is 255 g/mol. The number of sulfonamides is 1. The molecule has 0 aliphatic heterocycles. The molecule has 0 unspecified atom stereocenters. The molecule has 1 rings (SSSR count). The van der Waals surface area contributed by atoms with Crippen LogP contribution in [0.25, 0.3) is 0 Å². The van der Waals surface area contributed by atoms with E-state index in [1.54, 1.807) is 19.1 Å². The number of rotatable bonds is 4. The van der Waals surface area contributed by atoms with E-state index >= 15 is 0 Å². The van der Waals surface area contributed by atoms with Gasteiger partial charge in [0.25, 0.3) is 5.91 Å². The number of hydrogen-bond acceptors (Lipinski definition) is 3. The maximum Gasteiger partial charge on any atom is 0.264 e. The summed E-state index contributed by atoms with van der Waals surface area (Å²) in [6, 6.07) is 5.27. The normalized spacial score (nSPS) is 11.2. The highest BCUT2D eigenvalue weighted by Crippen LogP contribution is 2.09. The van der Waals surface area contributed by atoms with E-state index < -0.39 is 15.9 Å². The molecular weight excluding hydrogens is 238 g/mol. The van der Waals surface area contributed by atoms with E-state index in [0.29, 0.717) is 12.0 Å². The molecule has 0 heterocycles. The van der Waals surface area contributed by atoms with Crippen LogP contribution in [0.2, 0.25) is 0 Å². The molecule has 0 saturated carbocycles. The fourth-order valence-electron chi connectivity index (χ4n) is 1.63. The maximum atomic E-state index is 11.7. The lowest BCUT2D eigenvalue weighted by molar-refractivity contribution is 0.0981. The molecule has 0 aromatic heterocycles. The van der Waals surface area contributed by atoms with Crippen molar-refractivity contribution in [3.05, 3.63) is 34.9 Å². The van der Waals surface area contributed by atoms with Crippen LogP contribution in [0.5, 0.6) is 0 Å². The summed E-state index contributed by atoms with van der Waals surface area (Å²) >= 11 is 0. The number of amides is 1. The van der Waals surface area contributed by atoms with Gasteiger partial charge in [0, 0.05) is 5.56 Å². The molecular formula is C12H17NO3S. The number of benzene rings is 1. The molecule has 0 aliphatic rings. The molecule has 5 heteroatoms. The van der Waals surface area contributed by atoms with Crippen molar-refractivity contribution < 1.29 is 13.2 Å². The zero-order valence-electron chi connectivity index (χ0n) is 10.3. The van der Waals surface area contributed by atoms with Crippen LogP contribution >= 0.6 is 0 Å². The van der Waals surface area contributed by atoms with Crippen LogP contribution in [-0.2, 0) is 10.0 Å². The van der Waals surface area contributed by atoms with Crippen LogP contribution < -0.4 is 4.72 Å². The molecule has 1 N–H and O–H groups in total. The molecule has 94 valence electrons. The smallest absolute Gasteiger partial charge is 0.264 e. The quantitative estimate of drug-likeness (QED) is 0.892. The van der Waals surface area contributed by atoms with Crippen molar-refractivity contribution in [1.82, 2.24) is 4.72 Å². The Morgan fingerprint density at radius 3 is 2.18 bits per heavy atom. The van der Waals surface area contributed by atoms with Crippen molar-refractivity contribution in [3.8, 4) is 0 Å². The Morgan fingerprint density at radius 2 is 1.71 bits per heavy atom. The van der Waals surface area contributed by atoms with Gasteiger partial charge in [-0.25, -0.2) is 13.1 Å². The summed E-state index contributed by atoms with van der Waals surface area (Å²) < 4.78 is 25.0. The first-order valence-electron chi connectivity index (χ1n) is 5.47.